The second-order valence-corrected chi connectivity index (χ2v) is 6.00. The van der Waals surface area contributed by atoms with Crippen molar-refractivity contribution in [3.05, 3.63) is 35.6 Å². The highest BCUT2D eigenvalue weighted by molar-refractivity contribution is 5.83. The number of aryl methyl sites for hydroxylation is 1. The summed E-state index contributed by atoms with van der Waals surface area (Å²) in [4.78, 5) is 6.94. The topological polar surface area (TPSA) is 28.2 Å². The van der Waals surface area contributed by atoms with Gasteiger partial charge in [0.05, 0.1) is 5.52 Å². The van der Waals surface area contributed by atoms with E-state index in [-0.39, 0.29) is 5.82 Å². The van der Waals surface area contributed by atoms with Crippen LogP contribution in [-0.4, -0.2) is 36.1 Å². The summed E-state index contributed by atoms with van der Waals surface area (Å²) in [5.41, 5.74) is 1.84. The van der Waals surface area contributed by atoms with Gasteiger partial charge in [-0.15, -0.1) is 0 Å². The minimum Gasteiger partial charge on any atom is -0.368 e. The third kappa shape index (κ3) is 3.16. The van der Waals surface area contributed by atoms with Gasteiger partial charge in [-0.2, -0.15) is 0 Å². The van der Waals surface area contributed by atoms with Gasteiger partial charge >= 0.3 is 0 Å². The van der Waals surface area contributed by atoms with E-state index in [1.54, 1.807) is 6.07 Å². The molecule has 0 amide bonds. The average Bonchev–Trinajstić information content (AvgIpc) is 2.46. The Balaban J connectivity index is 1.77. The number of halogens is 1. The summed E-state index contributed by atoms with van der Waals surface area (Å²) in [7, 11) is 2.18. The van der Waals surface area contributed by atoms with Crippen molar-refractivity contribution in [2.24, 2.45) is 0 Å². The normalized spacial score (nSPS) is 19.9. The van der Waals surface area contributed by atoms with Crippen LogP contribution >= 0.6 is 0 Å². The molecule has 1 atom stereocenters. The minimum absolute atomic E-state index is 0.237. The number of nitrogens with one attached hydrogen (secondary N) is 1. The Morgan fingerprint density at radius 2 is 2.19 bits per heavy atom. The summed E-state index contributed by atoms with van der Waals surface area (Å²) < 4.78 is 13.4. The molecule has 1 aromatic carbocycles. The highest BCUT2D eigenvalue weighted by Crippen LogP contribution is 2.22. The predicted molar refractivity (Wildman–Crippen MR) is 85.2 cm³/mol. The molecule has 0 bridgehead atoms. The molecule has 0 radical (unpaired) electrons. The molecule has 1 unspecified atom stereocenters. The Bertz CT molecular complexity index is 641. The summed E-state index contributed by atoms with van der Waals surface area (Å²) in [6.45, 7) is 4.10. The Morgan fingerprint density at radius 3 is 3.00 bits per heavy atom. The van der Waals surface area contributed by atoms with E-state index in [4.69, 9.17) is 0 Å². The Labute approximate surface area is 125 Å². The number of likely N-dealkylation sites (tertiary alicyclic amines) is 1. The van der Waals surface area contributed by atoms with Gasteiger partial charge in [0.25, 0.3) is 0 Å². The van der Waals surface area contributed by atoms with Crippen molar-refractivity contribution in [1.29, 1.82) is 0 Å². The van der Waals surface area contributed by atoms with E-state index < -0.39 is 0 Å². The largest absolute Gasteiger partial charge is 0.368 e. The predicted octanol–water partition coefficient (Wildman–Crippen LogP) is 3.58. The van der Waals surface area contributed by atoms with Crippen LogP contribution in [0.3, 0.4) is 0 Å². The molecule has 21 heavy (non-hydrogen) atoms. The SMILES string of the molecule is Cc1cc(NCC2CCCCN2C)nc2cc(F)ccc12. The van der Waals surface area contributed by atoms with Crippen molar-refractivity contribution in [2.45, 2.75) is 32.2 Å². The smallest absolute Gasteiger partial charge is 0.126 e. The minimum atomic E-state index is -0.237. The van der Waals surface area contributed by atoms with Gasteiger partial charge in [0.2, 0.25) is 0 Å². The summed E-state index contributed by atoms with van der Waals surface area (Å²) in [6, 6.07) is 7.39. The number of piperidine rings is 1. The van der Waals surface area contributed by atoms with Crippen molar-refractivity contribution in [1.82, 2.24) is 9.88 Å². The molecule has 0 aliphatic carbocycles. The molecule has 0 spiro atoms. The third-order valence-corrected chi connectivity index (χ3v) is 4.42. The molecule has 3 rings (SSSR count). The number of rotatable bonds is 3. The van der Waals surface area contributed by atoms with E-state index in [0.29, 0.717) is 6.04 Å². The van der Waals surface area contributed by atoms with Gasteiger partial charge < -0.3 is 10.2 Å². The zero-order valence-electron chi connectivity index (χ0n) is 12.7. The zero-order valence-corrected chi connectivity index (χ0v) is 12.7. The average molecular weight is 287 g/mol. The molecule has 4 heteroatoms. The number of anilines is 1. The third-order valence-electron chi connectivity index (χ3n) is 4.42. The van der Waals surface area contributed by atoms with Gasteiger partial charge in [0.1, 0.15) is 11.6 Å². The number of hydrogen-bond donors (Lipinski definition) is 1. The van der Waals surface area contributed by atoms with Crippen LogP contribution in [0.2, 0.25) is 0 Å². The first-order valence-electron chi connectivity index (χ1n) is 7.64. The van der Waals surface area contributed by atoms with E-state index in [9.17, 15) is 4.39 Å². The molecule has 1 aliphatic heterocycles. The molecular weight excluding hydrogens is 265 g/mol. The van der Waals surface area contributed by atoms with Crippen LogP contribution < -0.4 is 5.32 Å². The van der Waals surface area contributed by atoms with E-state index in [1.807, 2.05) is 13.0 Å². The maximum Gasteiger partial charge on any atom is 0.126 e. The van der Waals surface area contributed by atoms with E-state index in [0.717, 1.165) is 28.8 Å². The number of likely N-dealkylation sites (N-methyl/N-ethyl adjacent to an activating group) is 1. The van der Waals surface area contributed by atoms with Crippen LogP contribution in [0.15, 0.2) is 24.3 Å². The van der Waals surface area contributed by atoms with E-state index in [1.165, 1.54) is 37.9 Å². The molecule has 1 fully saturated rings. The highest BCUT2D eigenvalue weighted by atomic mass is 19.1. The molecule has 1 aliphatic rings. The summed E-state index contributed by atoms with van der Waals surface area (Å²) >= 11 is 0. The van der Waals surface area contributed by atoms with Gasteiger partial charge in [-0.25, -0.2) is 9.37 Å². The van der Waals surface area contributed by atoms with Gasteiger partial charge in [-0.05, 0) is 57.1 Å². The van der Waals surface area contributed by atoms with Crippen LogP contribution in [-0.2, 0) is 0 Å². The number of nitrogens with zero attached hydrogens (tertiary/aromatic N) is 2. The maximum absolute atomic E-state index is 13.4. The van der Waals surface area contributed by atoms with Crippen molar-refractivity contribution in [2.75, 3.05) is 25.5 Å². The standard InChI is InChI=1S/C17H22FN3/c1-12-9-17(19-11-14-5-3-4-8-21(14)2)20-16-10-13(18)6-7-15(12)16/h6-7,9-10,14H,3-5,8,11H2,1-2H3,(H,19,20). The zero-order chi connectivity index (χ0) is 14.8. The van der Waals surface area contributed by atoms with E-state index >= 15 is 0 Å². The fourth-order valence-electron chi connectivity index (χ4n) is 3.09. The number of hydrogen-bond acceptors (Lipinski definition) is 3. The van der Waals surface area contributed by atoms with Gasteiger partial charge in [0, 0.05) is 24.0 Å². The Hall–Kier alpha value is -1.68. The second-order valence-electron chi connectivity index (χ2n) is 6.00. The lowest BCUT2D eigenvalue weighted by atomic mass is 10.0. The number of benzene rings is 1. The van der Waals surface area contributed by atoms with Crippen LogP contribution in [0, 0.1) is 12.7 Å². The second kappa shape index (κ2) is 5.98. The molecule has 1 N–H and O–H groups in total. The first-order valence-corrected chi connectivity index (χ1v) is 7.64. The van der Waals surface area contributed by atoms with E-state index in [2.05, 4.69) is 22.2 Å². The van der Waals surface area contributed by atoms with Gasteiger partial charge in [0.15, 0.2) is 0 Å². The first kappa shape index (κ1) is 14.3. The van der Waals surface area contributed by atoms with Crippen molar-refractivity contribution in [3.8, 4) is 0 Å². The summed E-state index contributed by atoms with van der Waals surface area (Å²) in [5.74, 6) is 0.600. The maximum atomic E-state index is 13.4. The quantitative estimate of drug-likeness (QED) is 0.935. The summed E-state index contributed by atoms with van der Waals surface area (Å²) in [5, 5.41) is 4.43. The molecule has 2 aromatic rings. The molecule has 1 aromatic heterocycles. The molecular formula is C17H22FN3. The lowest BCUT2D eigenvalue weighted by molar-refractivity contribution is 0.194. The van der Waals surface area contributed by atoms with Crippen LogP contribution in [0.25, 0.3) is 10.9 Å². The van der Waals surface area contributed by atoms with Crippen LogP contribution in [0.1, 0.15) is 24.8 Å². The molecule has 1 saturated heterocycles. The van der Waals surface area contributed by atoms with Crippen LogP contribution in [0.4, 0.5) is 10.2 Å². The molecule has 2 heterocycles. The van der Waals surface area contributed by atoms with Gasteiger partial charge in [-0.1, -0.05) is 6.42 Å². The molecule has 3 nitrogen and oxygen atoms in total. The highest BCUT2D eigenvalue weighted by Gasteiger charge is 2.18. The van der Waals surface area contributed by atoms with Crippen LogP contribution in [0.5, 0.6) is 0 Å². The lowest BCUT2D eigenvalue weighted by Gasteiger charge is -2.32. The fourth-order valence-corrected chi connectivity index (χ4v) is 3.09. The van der Waals surface area contributed by atoms with Crippen molar-refractivity contribution in [3.63, 3.8) is 0 Å². The monoisotopic (exact) mass is 287 g/mol. The molecule has 0 saturated carbocycles. The Kier molecular flexibility index (Phi) is 4.06. The summed E-state index contributed by atoms with van der Waals surface area (Å²) in [6.07, 6.45) is 3.82. The Morgan fingerprint density at radius 1 is 1.33 bits per heavy atom. The van der Waals surface area contributed by atoms with Gasteiger partial charge in [-0.3, -0.25) is 0 Å². The first-order chi connectivity index (χ1) is 10.1. The lowest BCUT2D eigenvalue weighted by Crippen LogP contribution is -2.40. The van der Waals surface area contributed by atoms with Crippen molar-refractivity contribution >= 4 is 16.7 Å². The number of fused-ring (bicyclic) bond motifs is 1. The fraction of sp³-hybridized carbons (Fsp3) is 0.471. The molecule has 112 valence electrons. The number of aromatic nitrogens is 1. The number of pyridine rings is 1. The van der Waals surface area contributed by atoms with Crippen molar-refractivity contribution < 1.29 is 4.39 Å².